The summed E-state index contributed by atoms with van der Waals surface area (Å²) < 4.78 is 8.87. The van der Waals surface area contributed by atoms with Gasteiger partial charge in [0, 0.05) is 42.3 Å². The molecule has 2 heterocycles. The molecule has 0 amide bonds. The Kier molecular flexibility index (Phi) is 5.92. The lowest BCUT2D eigenvalue weighted by molar-refractivity contribution is 0.597. The van der Waals surface area contributed by atoms with Crippen molar-refractivity contribution < 1.29 is 4.42 Å². The van der Waals surface area contributed by atoms with E-state index in [-0.39, 0.29) is 5.41 Å². The second-order valence-electron chi connectivity index (χ2n) is 12.2. The zero-order valence-electron chi connectivity index (χ0n) is 24.5. The lowest BCUT2D eigenvalue weighted by Gasteiger charge is -2.27. The van der Waals surface area contributed by atoms with Crippen LogP contribution in [0.2, 0.25) is 0 Å². The molecule has 208 valence electrons. The average Bonchev–Trinajstić information content (AvgIpc) is 3.60. The summed E-state index contributed by atoms with van der Waals surface area (Å²) in [5.74, 6) is 0. The summed E-state index contributed by atoms with van der Waals surface area (Å²) in [4.78, 5) is 2.41. The maximum atomic E-state index is 6.21. The van der Waals surface area contributed by atoms with Gasteiger partial charge in [-0.25, -0.2) is 0 Å². The van der Waals surface area contributed by atoms with Gasteiger partial charge < -0.3 is 9.32 Å². The first-order chi connectivity index (χ1) is 21.0. The van der Waals surface area contributed by atoms with Crippen LogP contribution < -0.4 is 4.90 Å². The van der Waals surface area contributed by atoms with Crippen molar-refractivity contribution in [1.29, 1.82) is 0 Å². The van der Waals surface area contributed by atoms with Crippen LogP contribution in [0.3, 0.4) is 0 Å². The Bertz CT molecular complexity index is 2270. The molecule has 0 atom stereocenters. The lowest BCUT2D eigenvalue weighted by Crippen LogP contribution is -2.11. The Morgan fingerprint density at radius 1 is 0.558 bits per heavy atom. The molecular formula is C40H31NOS. The molecule has 2 aromatic heterocycles. The van der Waals surface area contributed by atoms with Crippen LogP contribution in [0.1, 0.15) is 26.3 Å². The van der Waals surface area contributed by atoms with Gasteiger partial charge in [-0.3, -0.25) is 0 Å². The van der Waals surface area contributed by atoms with Crippen molar-refractivity contribution in [3.8, 4) is 11.1 Å². The Morgan fingerprint density at radius 2 is 1.23 bits per heavy atom. The minimum atomic E-state index is 0.0564. The number of para-hydroxylation sites is 1. The number of hydrogen-bond donors (Lipinski definition) is 0. The number of nitrogens with zero attached hydrogens (tertiary/aromatic N) is 1. The van der Waals surface area contributed by atoms with Gasteiger partial charge in [-0.1, -0.05) is 106 Å². The third kappa shape index (κ3) is 4.31. The van der Waals surface area contributed by atoms with Crippen LogP contribution in [-0.4, -0.2) is 0 Å². The molecule has 0 aliphatic carbocycles. The minimum absolute atomic E-state index is 0.0564. The molecular weight excluding hydrogens is 543 g/mol. The number of anilines is 3. The molecule has 0 aliphatic rings. The zero-order chi connectivity index (χ0) is 29.1. The molecule has 2 nitrogen and oxygen atoms in total. The smallest absolute Gasteiger partial charge is 0.135 e. The van der Waals surface area contributed by atoms with E-state index in [0.29, 0.717) is 0 Å². The monoisotopic (exact) mass is 573 g/mol. The van der Waals surface area contributed by atoms with E-state index in [9.17, 15) is 0 Å². The molecule has 0 saturated heterocycles. The molecule has 0 saturated carbocycles. The largest absolute Gasteiger partial charge is 0.456 e. The highest BCUT2D eigenvalue weighted by Crippen LogP contribution is 2.47. The van der Waals surface area contributed by atoms with E-state index in [1.807, 2.05) is 23.5 Å². The van der Waals surface area contributed by atoms with E-state index >= 15 is 0 Å². The summed E-state index contributed by atoms with van der Waals surface area (Å²) in [6.45, 7) is 6.91. The van der Waals surface area contributed by atoms with E-state index in [1.54, 1.807) is 0 Å². The standard InChI is InChI=1S/C40H31NOS/c1-40(2,3)33-15-9-14-31-38-34(16-10-18-37(38)43-39(31)33)41(28-21-19-27(20-22-28)26-11-5-4-6-12-26)29-23-24-36-32(25-29)30-13-7-8-17-35(30)42-36/h4-25H,1-3H3. The normalized spacial score (nSPS) is 12.1. The number of furan rings is 1. The van der Waals surface area contributed by atoms with Gasteiger partial charge in [0.15, 0.2) is 0 Å². The molecule has 3 heteroatoms. The van der Waals surface area contributed by atoms with Crippen LogP contribution in [0.25, 0.3) is 53.2 Å². The predicted molar refractivity (Wildman–Crippen MR) is 185 cm³/mol. The van der Waals surface area contributed by atoms with Crippen LogP contribution in [0, 0.1) is 0 Å². The van der Waals surface area contributed by atoms with Gasteiger partial charge in [0.25, 0.3) is 0 Å². The van der Waals surface area contributed by atoms with E-state index in [2.05, 4.69) is 147 Å². The molecule has 0 aliphatic heterocycles. The van der Waals surface area contributed by atoms with Gasteiger partial charge in [-0.2, -0.15) is 0 Å². The second-order valence-corrected chi connectivity index (χ2v) is 13.3. The highest BCUT2D eigenvalue weighted by atomic mass is 32.1. The molecule has 0 bridgehead atoms. The minimum Gasteiger partial charge on any atom is -0.456 e. The fourth-order valence-electron chi connectivity index (χ4n) is 6.32. The lowest BCUT2D eigenvalue weighted by atomic mass is 9.86. The predicted octanol–water partition coefficient (Wildman–Crippen LogP) is 12.4. The molecule has 8 rings (SSSR count). The number of benzene rings is 6. The van der Waals surface area contributed by atoms with Crippen LogP contribution in [0.4, 0.5) is 17.1 Å². The molecule has 6 aromatic carbocycles. The summed E-state index contributed by atoms with van der Waals surface area (Å²) in [6.07, 6.45) is 0. The number of fused-ring (bicyclic) bond motifs is 6. The summed E-state index contributed by atoms with van der Waals surface area (Å²) >= 11 is 1.90. The summed E-state index contributed by atoms with van der Waals surface area (Å²) in [7, 11) is 0. The van der Waals surface area contributed by atoms with Crippen molar-refractivity contribution >= 4 is 70.5 Å². The van der Waals surface area contributed by atoms with E-state index < -0.39 is 0 Å². The number of hydrogen-bond acceptors (Lipinski definition) is 3. The van der Waals surface area contributed by atoms with Crippen molar-refractivity contribution in [2.24, 2.45) is 0 Å². The maximum absolute atomic E-state index is 6.21. The van der Waals surface area contributed by atoms with Crippen molar-refractivity contribution in [3.05, 3.63) is 139 Å². The first-order valence-corrected chi connectivity index (χ1v) is 15.6. The third-order valence-electron chi connectivity index (χ3n) is 8.40. The highest BCUT2D eigenvalue weighted by molar-refractivity contribution is 7.26. The Labute approximate surface area is 255 Å². The van der Waals surface area contributed by atoms with Gasteiger partial charge in [0.1, 0.15) is 11.2 Å². The van der Waals surface area contributed by atoms with Crippen LogP contribution in [-0.2, 0) is 5.41 Å². The summed E-state index contributed by atoms with van der Waals surface area (Å²) in [6, 6.07) is 47.9. The zero-order valence-corrected chi connectivity index (χ0v) is 25.3. The second kappa shape index (κ2) is 9.86. The topological polar surface area (TPSA) is 16.4 Å². The molecule has 0 unspecified atom stereocenters. The molecule has 0 spiro atoms. The Balaban J connectivity index is 1.39. The molecule has 0 radical (unpaired) electrons. The molecule has 0 N–H and O–H groups in total. The maximum Gasteiger partial charge on any atom is 0.135 e. The fourth-order valence-corrected chi connectivity index (χ4v) is 7.77. The van der Waals surface area contributed by atoms with Gasteiger partial charge in [0.05, 0.1) is 5.69 Å². The number of rotatable bonds is 4. The van der Waals surface area contributed by atoms with Gasteiger partial charge in [0.2, 0.25) is 0 Å². The highest BCUT2D eigenvalue weighted by Gasteiger charge is 2.23. The average molecular weight is 574 g/mol. The van der Waals surface area contributed by atoms with Gasteiger partial charge in [-0.05, 0) is 70.6 Å². The van der Waals surface area contributed by atoms with Crippen LogP contribution in [0.15, 0.2) is 138 Å². The van der Waals surface area contributed by atoms with E-state index in [0.717, 1.165) is 33.3 Å². The summed E-state index contributed by atoms with van der Waals surface area (Å²) in [5.41, 5.74) is 9.07. The van der Waals surface area contributed by atoms with E-state index in [4.69, 9.17) is 4.42 Å². The van der Waals surface area contributed by atoms with E-state index in [1.165, 1.54) is 42.6 Å². The van der Waals surface area contributed by atoms with Gasteiger partial charge >= 0.3 is 0 Å². The SMILES string of the molecule is CC(C)(C)c1cccc2c1sc1cccc(N(c3ccc(-c4ccccc4)cc3)c3ccc4oc5ccccc5c4c3)c12. The van der Waals surface area contributed by atoms with Gasteiger partial charge in [-0.15, -0.1) is 11.3 Å². The Hall–Kier alpha value is -4.86. The molecule has 0 fully saturated rings. The number of thiophene rings is 1. The van der Waals surface area contributed by atoms with Crippen LogP contribution >= 0.6 is 11.3 Å². The first-order valence-electron chi connectivity index (χ1n) is 14.8. The van der Waals surface area contributed by atoms with Crippen molar-refractivity contribution in [2.45, 2.75) is 26.2 Å². The molecule has 8 aromatic rings. The van der Waals surface area contributed by atoms with Crippen molar-refractivity contribution in [1.82, 2.24) is 0 Å². The summed E-state index contributed by atoms with van der Waals surface area (Å²) in [5, 5.41) is 4.85. The fraction of sp³-hybridized carbons (Fsp3) is 0.100. The van der Waals surface area contributed by atoms with Crippen molar-refractivity contribution in [2.75, 3.05) is 4.90 Å². The quantitative estimate of drug-likeness (QED) is 0.208. The van der Waals surface area contributed by atoms with Crippen molar-refractivity contribution in [3.63, 3.8) is 0 Å². The third-order valence-corrected chi connectivity index (χ3v) is 9.60. The molecule has 43 heavy (non-hydrogen) atoms. The Morgan fingerprint density at radius 3 is 2.05 bits per heavy atom. The first kappa shape index (κ1) is 25.8. The van der Waals surface area contributed by atoms with Crippen LogP contribution in [0.5, 0.6) is 0 Å².